The summed E-state index contributed by atoms with van der Waals surface area (Å²) in [6.07, 6.45) is 4.78. The first-order valence-corrected chi connectivity index (χ1v) is 18.7. The Labute approximate surface area is 255 Å². The Kier molecular flexibility index (Phi) is 11.2. The molecule has 43 heavy (non-hydrogen) atoms. The minimum absolute atomic E-state index is 0.0433. The van der Waals surface area contributed by atoms with Crippen molar-refractivity contribution in [1.82, 2.24) is 24.8 Å². The number of likely N-dealkylation sites (tertiary alicyclic amines) is 1. The van der Waals surface area contributed by atoms with Crippen LogP contribution in [0.3, 0.4) is 0 Å². The molecule has 0 unspecified atom stereocenters. The molecule has 1 fully saturated rings. The second kappa shape index (κ2) is 14.8. The van der Waals surface area contributed by atoms with Gasteiger partial charge in [0.2, 0.25) is 0 Å². The van der Waals surface area contributed by atoms with Crippen LogP contribution in [0.5, 0.6) is 0 Å². The van der Waals surface area contributed by atoms with Crippen molar-refractivity contribution < 1.29 is 23.8 Å². The van der Waals surface area contributed by atoms with Crippen LogP contribution in [0.4, 0.5) is 10.6 Å². The highest BCUT2D eigenvalue weighted by molar-refractivity contribution is 6.76. The van der Waals surface area contributed by atoms with E-state index in [1.807, 2.05) is 48.7 Å². The molecule has 0 aliphatic carbocycles. The Bertz CT molecular complexity index is 1360. The van der Waals surface area contributed by atoms with Gasteiger partial charge in [0.15, 0.2) is 5.65 Å². The lowest BCUT2D eigenvalue weighted by molar-refractivity contribution is 0.0695. The van der Waals surface area contributed by atoms with E-state index in [0.29, 0.717) is 42.3 Å². The van der Waals surface area contributed by atoms with Crippen LogP contribution in [0, 0.1) is 0 Å². The number of carbonyl (C=O) groups excluding carboxylic acids is 2. The van der Waals surface area contributed by atoms with Gasteiger partial charge in [-0.25, -0.2) is 14.8 Å². The van der Waals surface area contributed by atoms with Gasteiger partial charge in [-0.2, -0.15) is 0 Å². The zero-order valence-electron chi connectivity index (χ0n) is 26.3. The van der Waals surface area contributed by atoms with Gasteiger partial charge in [0.05, 0.1) is 18.4 Å². The third-order valence-electron chi connectivity index (χ3n) is 7.50. The number of ether oxygens (including phenoxy) is 3. The lowest BCUT2D eigenvalue weighted by atomic mass is 10.00. The Morgan fingerprint density at radius 1 is 1.16 bits per heavy atom. The van der Waals surface area contributed by atoms with E-state index in [0.717, 1.165) is 24.4 Å². The summed E-state index contributed by atoms with van der Waals surface area (Å²) < 4.78 is 18.6. The number of rotatable bonds is 13. The molecule has 0 spiro atoms. The molecule has 4 rings (SSSR count). The molecule has 3 aromatic rings. The molecule has 2 amide bonds. The lowest BCUT2D eigenvalue weighted by Gasteiger charge is -2.37. The standard InChI is InChI=1S/C31H46N6O5Si/c1-22(19-40-3)33-30(38)26-18-36(21-41-14-15-43(4,5)6)29-28(26)35-27(16-32-29)34-25-13-12-23(2)37(17-25)31(39)42-20-24-10-8-7-9-11-24/h7-11,16,18,22-23,25H,12-15,17,19-21H2,1-6H3,(H,33,38)(H,34,35)/t22-,23-,25+/m0/s1. The summed E-state index contributed by atoms with van der Waals surface area (Å²) in [5, 5.41) is 6.43. The Hall–Kier alpha value is -3.48. The molecule has 0 saturated carbocycles. The highest BCUT2D eigenvalue weighted by Crippen LogP contribution is 2.24. The molecule has 1 saturated heterocycles. The average Bonchev–Trinajstić information content (AvgIpc) is 3.33. The van der Waals surface area contributed by atoms with Crippen LogP contribution in [0.25, 0.3) is 11.2 Å². The van der Waals surface area contributed by atoms with Crippen LogP contribution < -0.4 is 10.6 Å². The summed E-state index contributed by atoms with van der Waals surface area (Å²) in [4.78, 5) is 37.5. The Morgan fingerprint density at radius 3 is 2.65 bits per heavy atom. The zero-order valence-corrected chi connectivity index (χ0v) is 27.3. The minimum Gasteiger partial charge on any atom is -0.445 e. The highest BCUT2D eigenvalue weighted by atomic mass is 28.3. The largest absolute Gasteiger partial charge is 0.445 e. The van der Waals surface area contributed by atoms with Gasteiger partial charge in [-0.1, -0.05) is 50.0 Å². The van der Waals surface area contributed by atoms with Crippen molar-refractivity contribution in [3.05, 3.63) is 53.9 Å². The SMILES string of the molecule is COC[C@H](C)NC(=O)c1cn(COCC[Si](C)(C)C)c2ncc(N[C@@H]3CC[C@H](C)N(C(=O)OCc4ccccc4)C3)nc12. The summed E-state index contributed by atoms with van der Waals surface area (Å²) in [5.41, 5.74) is 2.44. The third kappa shape index (κ3) is 9.25. The smallest absolute Gasteiger partial charge is 0.410 e. The summed E-state index contributed by atoms with van der Waals surface area (Å²) in [5.74, 6) is 0.293. The van der Waals surface area contributed by atoms with Crippen LogP contribution in [-0.4, -0.2) is 84.5 Å². The first-order chi connectivity index (χ1) is 20.5. The second-order valence-corrected chi connectivity index (χ2v) is 18.2. The van der Waals surface area contributed by atoms with Gasteiger partial charge in [0.1, 0.15) is 24.7 Å². The first kappa shape index (κ1) is 32.4. The number of benzene rings is 1. The van der Waals surface area contributed by atoms with Crippen molar-refractivity contribution in [2.75, 3.05) is 32.2 Å². The fourth-order valence-electron chi connectivity index (χ4n) is 5.01. The molecular formula is C31H46N6O5Si. The molecule has 3 atom stereocenters. The fraction of sp³-hybridized carbons (Fsp3) is 0.548. The van der Waals surface area contributed by atoms with Crippen molar-refractivity contribution in [2.45, 2.75) is 83.8 Å². The molecular weight excluding hydrogens is 564 g/mol. The molecule has 234 valence electrons. The van der Waals surface area contributed by atoms with Crippen molar-refractivity contribution in [3.8, 4) is 0 Å². The fourth-order valence-corrected chi connectivity index (χ4v) is 5.77. The predicted octanol–water partition coefficient (Wildman–Crippen LogP) is 5.11. The number of anilines is 1. The normalized spacial score (nSPS) is 18.0. The number of nitrogens with one attached hydrogen (secondary N) is 2. The zero-order chi connectivity index (χ0) is 31.0. The van der Waals surface area contributed by atoms with Gasteiger partial charge in [-0.15, -0.1) is 0 Å². The summed E-state index contributed by atoms with van der Waals surface area (Å²) in [6.45, 7) is 12.9. The quantitative estimate of drug-likeness (QED) is 0.202. The first-order valence-electron chi connectivity index (χ1n) is 15.0. The van der Waals surface area contributed by atoms with E-state index in [4.69, 9.17) is 19.2 Å². The number of nitrogens with zero attached hydrogens (tertiary/aromatic N) is 4. The summed E-state index contributed by atoms with van der Waals surface area (Å²) >= 11 is 0. The maximum atomic E-state index is 13.3. The van der Waals surface area contributed by atoms with E-state index in [-0.39, 0.29) is 43.5 Å². The van der Waals surface area contributed by atoms with E-state index in [2.05, 4.69) is 35.3 Å². The number of hydrogen-bond acceptors (Lipinski definition) is 8. The van der Waals surface area contributed by atoms with Gasteiger partial charge in [0.25, 0.3) is 5.91 Å². The highest BCUT2D eigenvalue weighted by Gasteiger charge is 2.30. The third-order valence-corrected chi connectivity index (χ3v) is 9.21. The number of fused-ring (bicyclic) bond motifs is 1. The molecule has 1 aliphatic rings. The number of amides is 2. The van der Waals surface area contributed by atoms with E-state index >= 15 is 0 Å². The molecule has 1 aliphatic heterocycles. The molecule has 2 aromatic heterocycles. The van der Waals surface area contributed by atoms with Gasteiger partial charge in [0, 0.05) is 52.7 Å². The van der Waals surface area contributed by atoms with Gasteiger partial charge < -0.3 is 34.3 Å². The molecule has 0 radical (unpaired) electrons. The van der Waals surface area contributed by atoms with Gasteiger partial charge in [-0.3, -0.25) is 4.79 Å². The average molecular weight is 611 g/mol. The number of methoxy groups -OCH3 is 1. The Balaban J connectivity index is 1.48. The minimum atomic E-state index is -1.23. The van der Waals surface area contributed by atoms with E-state index in [9.17, 15) is 9.59 Å². The van der Waals surface area contributed by atoms with Crippen LogP contribution >= 0.6 is 0 Å². The van der Waals surface area contributed by atoms with Gasteiger partial charge >= 0.3 is 6.09 Å². The summed E-state index contributed by atoms with van der Waals surface area (Å²) in [6, 6.07) is 10.6. The maximum Gasteiger partial charge on any atom is 0.410 e. The molecule has 12 heteroatoms. The monoisotopic (exact) mass is 610 g/mol. The molecule has 11 nitrogen and oxygen atoms in total. The van der Waals surface area contributed by atoms with Crippen molar-refractivity contribution in [2.24, 2.45) is 0 Å². The van der Waals surface area contributed by atoms with Crippen molar-refractivity contribution >= 4 is 37.1 Å². The number of aromatic nitrogens is 3. The second-order valence-electron chi connectivity index (χ2n) is 12.6. The number of hydrogen-bond donors (Lipinski definition) is 2. The molecule has 1 aromatic carbocycles. The van der Waals surface area contributed by atoms with Crippen LogP contribution in [0.15, 0.2) is 42.7 Å². The molecule has 2 N–H and O–H groups in total. The van der Waals surface area contributed by atoms with E-state index in [1.165, 1.54) is 0 Å². The van der Waals surface area contributed by atoms with E-state index in [1.54, 1.807) is 24.4 Å². The number of carbonyl (C=O) groups is 2. The number of piperidine rings is 1. The van der Waals surface area contributed by atoms with Crippen LogP contribution in [-0.2, 0) is 27.5 Å². The lowest BCUT2D eigenvalue weighted by Crippen LogP contribution is -2.49. The molecule has 0 bridgehead atoms. The van der Waals surface area contributed by atoms with Crippen molar-refractivity contribution in [3.63, 3.8) is 0 Å². The summed E-state index contributed by atoms with van der Waals surface area (Å²) in [7, 11) is 0.370. The van der Waals surface area contributed by atoms with Gasteiger partial charge in [-0.05, 0) is 38.3 Å². The predicted molar refractivity (Wildman–Crippen MR) is 170 cm³/mol. The van der Waals surface area contributed by atoms with Crippen molar-refractivity contribution in [1.29, 1.82) is 0 Å². The van der Waals surface area contributed by atoms with Crippen LogP contribution in [0.1, 0.15) is 42.6 Å². The molecule has 3 heterocycles. The maximum absolute atomic E-state index is 13.3. The topological polar surface area (TPSA) is 120 Å². The van der Waals surface area contributed by atoms with Crippen LogP contribution in [0.2, 0.25) is 25.7 Å². The Morgan fingerprint density at radius 2 is 1.93 bits per heavy atom. The van der Waals surface area contributed by atoms with E-state index < -0.39 is 8.07 Å².